The molecule has 1 unspecified atom stereocenters. The van der Waals surface area contributed by atoms with E-state index in [4.69, 9.17) is 4.74 Å². The van der Waals surface area contributed by atoms with E-state index in [0.29, 0.717) is 13.1 Å². The number of anilines is 2. The largest absolute Gasteiger partial charge is 0.378 e. The number of benzene rings is 1. The first-order valence-corrected chi connectivity index (χ1v) is 9.92. The van der Waals surface area contributed by atoms with Crippen LogP contribution < -0.4 is 15.5 Å². The van der Waals surface area contributed by atoms with E-state index in [1.165, 1.54) is 0 Å². The van der Waals surface area contributed by atoms with E-state index in [9.17, 15) is 4.79 Å². The van der Waals surface area contributed by atoms with Crippen molar-refractivity contribution < 1.29 is 9.53 Å². The van der Waals surface area contributed by atoms with Crippen molar-refractivity contribution in [2.24, 2.45) is 0 Å². The number of amides is 1. The molecule has 1 aliphatic heterocycles. The highest BCUT2D eigenvalue weighted by Crippen LogP contribution is 2.19. The molecule has 28 heavy (non-hydrogen) atoms. The van der Waals surface area contributed by atoms with Crippen molar-refractivity contribution in [1.82, 2.24) is 15.3 Å². The molecule has 1 aliphatic rings. The van der Waals surface area contributed by atoms with Gasteiger partial charge in [0, 0.05) is 32.2 Å². The Morgan fingerprint density at radius 3 is 2.64 bits per heavy atom. The Morgan fingerprint density at radius 1 is 1.18 bits per heavy atom. The van der Waals surface area contributed by atoms with Gasteiger partial charge in [0.05, 0.1) is 19.1 Å². The molecular formula is C21H29N5O2. The van der Waals surface area contributed by atoms with Gasteiger partial charge < -0.3 is 20.3 Å². The van der Waals surface area contributed by atoms with Crippen LogP contribution in [0.25, 0.3) is 0 Å². The van der Waals surface area contributed by atoms with E-state index in [-0.39, 0.29) is 11.8 Å². The van der Waals surface area contributed by atoms with Gasteiger partial charge in [-0.05, 0) is 18.9 Å². The highest BCUT2D eigenvalue weighted by molar-refractivity contribution is 5.83. The Bertz CT molecular complexity index is 763. The van der Waals surface area contributed by atoms with Crippen molar-refractivity contribution in [3.8, 4) is 0 Å². The topological polar surface area (TPSA) is 79.4 Å². The van der Waals surface area contributed by atoms with Gasteiger partial charge in [-0.1, -0.05) is 37.3 Å². The van der Waals surface area contributed by atoms with E-state index < -0.39 is 0 Å². The molecule has 0 saturated carbocycles. The molecule has 1 amide bonds. The fourth-order valence-corrected chi connectivity index (χ4v) is 3.35. The van der Waals surface area contributed by atoms with Crippen LogP contribution >= 0.6 is 0 Å². The van der Waals surface area contributed by atoms with Crippen LogP contribution in [0.4, 0.5) is 11.6 Å². The first-order chi connectivity index (χ1) is 13.7. The fraction of sp³-hybridized carbons (Fsp3) is 0.476. The van der Waals surface area contributed by atoms with Crippen LogP contribution in [0.2, 0.25) is 0 Å². The number of nitrogens with one attached hydrogen (secondary N) is 2. The summed E-state index contributed by atoms with van der Waals surface area (Å²) in [7, 11) is 0. The average molecular weight is 383 g/mol. The maximum atomic E-state index is 12.5. The van der Waals surface area contributed by atoms with Crippen molar-refractivity contribution in [2.45, 2.75) is 26.2 Å². The Balaban J connectivity index is 1.50. The van der Waals surface area contributed by atoms with Crippen molar-refractivity contribution in [2.75, 3.05) is 49.6 Å². The van der Waals surface area contributed by atoms with E-state index in [0.717, 1.165) is 55.7 Å². The lowest BCUT2D eigenvalue weighted by Crippen LogP contribution is -2.37. The number of hydrogen-bond acceptors (Lipinski definition) is 6. The van der Waals surface area contributed by atoms with Crippen LogP contribution in [-0.4, -0.2) is 55.3 Å². The first kappa shape index (κ1) is 20.1. The minimum Gasteiger partial charge on any atom is -0.378 e. The van der Waals surface area contributed by atoms with Crippen molar-refractivity contribution in [3.05, 3.63) is 47.8 Å². The summed E-state index contributed by atoms with van der Waals surface area (Å²) < 4.78 is 5.40. The number of aromatic nitrogens is 2. The molecular weight excluding hydrogens is 354 g/mol. The van der Waals surface area contributed by atoms with Crippen molar-refractivity contribution in [3.63, 3.8) is 0 Å². The summed E-state index contributed by atoms with van der Waals surface area (Å²) in [6.07, 6.45) is 0.775. The number of aryl methyl sites for hydroxylation is 1. The molecule has 1 fully saturated rings. The van der Waals surface area contributed by atoms with Gasteiger partial charge in [-0.15, -0.1) is 0 Å². The van der Waals surface area contributed by atoms with Gasteiger partial charge in [-0.2, -0.15) is 0 Å². The average Bonchev–Trinajstić information content (AvgIpc) is 2.73. The predicted octanol–water partition coefficient (Wildman–Crippen LogP) is 2.34. The van der Waals surface area contributed by atoms with Crippen LogP contribution in [0.1, 0.15) is 30.7 Å². The summed E-state index contributed by atoms with van der Waals surface area (Å²) in [5.41, 5.74) is 1.05. The number of rotatable bonds is 8. The molecule has 150 valence electrons. The number of morpholine rings is 1. The standard InChI is InChI=1S/C21H29N5O2/c1-3-18(17-7-5-4-6-8-17)21(27)23-10-9-22-19-15-20(25-16(2)24-19)26-11-13-28-14-12-26/h4-8,15,18H,3,9-14H2,1-2H3,(H,23,27)(H,22,24,25). The van der Waals surface area contributed by atoms with Crippen molar-refractivity contribution in [1.29, 1.82) is 0 Å². The van der Waals surface area contributed by atoms with Crippen LogP contribution in [0.15, 0.2) is 36.4 Å². The lowest BCUT2D eigenvalue weighted by Gasteiger charge is -2.28. The smallest absolute Gasteiger partial charge is 0.227 e. The summed E-state index contributed by atoms with van der Waals surface area (Å²) in [4.78, 5) is 23.7. The van der Waals surface area contributed by atoms with Crippen LogP contribution in [0.5, 0.6) is 0 Å². The lowest BCUT2D eigenvalue weighted by atomic mass is 9.96. The van der Waals surface area contributed by atoms with Gasteiger partial charge >= 0.3 is 0 Å². The zero-order valence-electron chi connectivity index (χ0n) is 16.6. The van der Waals surface area contributed by atoms with Crippen LogP contribution in [0.3, 0.4) is 0 Å². The van der Waals surface area contributed by atoms with Gasteiger partial charge in [0.25, 0.3) is 0 Å². The molecule has 3 rings (SSSR count). The van der Waals surface area contributed by atoms with Gasteiger partial charge in [0.15, 0.2) is 0 Å². The number of nitrogens with zero attached hydrogens (tertiary/aromatic N) is 3. The molecule has 2 aromatic rings. The second-order valence-corrected chi connectivity index (χ2v) is 6.85. The minimum absolute atomic E-state index is 0.0587. The second kappa shape index (κ2) is 10.0. The molecule has 0 radical (unpaired) electrons. The Hall–Kier alpha value is -2.67. The van der Waals surface area contributed by atoms with E-state index in [2.05, 4.69) is 25.5 Å². The number of hydrogen-bond donors (Lipinski definition) is 2. The van der Waals surface area contributed by atoms with Crippen LogP contribution in [0, 0.1) is 6.92 Å². The Kier molecular flexibility index (Phi) is 7.19. The maximum absolute atomic E-state index is 12.5. The Labute approximate surface area is 166 Å². The van der Waals surface area contributed by atoms with E-state index >= 15 is 0 Å². The van der Waals surface area contributed by atoms with Gasteiger partial charge in [-0.3, -0.25) is 4.79 Å². The number of ether oxygens (including phenoxy) is 1. The van der Waals surface area contributed by atoms with Gasteiger partial charge in [0.2, 0.25) is 5.91 Å². The summed E-state index contributed by atoms with van der Waals surface area (Å²) in [5, 5.41) is 6.32. The summed E-state index contributed by atoms with van der Waals surface area (Å²) in [6, 6.07) is 11.9. The molecule has 1 saturated heterocycles. The quantitative estimate of drug-likeness (QED) is 0.681. The maximum Gasteiger partial charge on any atom is 0.227 e. The lowest BCUT2D eigenvalue weighted by molar-refractivity contribution is -0.122. The molecule has 2 N–H and O–H groups in total. The third kappa shape index (κ3) is 5.42. The van der Waals surface area contributed by atoms with E-state index in [1.54, 1.807) is 0 Å². The third-order valence-corrected chi connectivity index (χ3v) is 4.82. The second-order valence-electron chi connectivity index (χ2n) is 6.85. The zero-order valence-corrected chi connectivity index (χ0v) is 16.6. The highest BCUT2D eigenvalue weighted by atomic mass is 16.5. The SMILES string of the molecule is CCC(C(=O)NCCNc1cc(N2CCOCC2)nc(C)n1)c1ccccc1. The summed E-state index contributed by atoms with van der Waals surface area (Å²) in [5.74, 6) is 2.36. The fourth-order valence-electron chi connectivity index (χ4n) is 3.35. The highest BCUT2D eigenvalue weighted by Gasteiger charge is 2.18. The number of carbonyl (C=O) groups is 1. The molecule has 0 spiro atoms. The molecule has 7 nitrogen and oxygen atoms in total. The molecule has 0 aliphatic carbocycles. The van der Waals surface area contributed by atoms with Gasteiger partial charge in [0.1, 0.15) is 17.5 Å². The summed E-state index contributed by atoms with van der Waals surface area (Å²) in [6.45, 7) is 8.19. The molecule has 1 aromatic carbocycles. The minimum atomic E-state index is -0.115. The van der Waals surface area contributed by atoms with E-state index in [1.807, 2.05) is 50.2 Å². The van der Waals surface area contributed by atoms with Crippen molar-refractivity contribution >= 4 is 17.5 Å². The monoisotopic (exact) mass is 383 g/mol. The molecule has 1 atom stereocenters. The third-order valence-electron chi connectivity index (χ3n) is 4.82. The Morgan fingerprint density at radius 2 is 1.93 bits per heavy atom. The van der Waals surface area contributed by atoms with Crippen LogP contribution in [-0.2, 0) is 9.53 Å². The predicted molar refractivity (Wildman–Crippen MR) is 111 cm³/mol. The first-order valence-electron chi connectivity index (χ1n) is 9.92. The summed E-state index contributed by atoms with van der Waals surface area (Å²) >= 11 is 0. The zero-order chi connectivity index (χ0) is 19.8. The molecule has 7 heteroatoms. The van der Waals surface area contributed by atoms with Gasteiger partial charge in [-0.25, -0.2) is 9.97 Å². The molecule has 2 heterocycles. The molecule has 1 aromatic heterocycles. The number of carbonyl (C=O) groups excluding carboxylic acids is 1. The molecule has 0 bridgehead atoms. The normalized spacial score (nSPS) is 15.1.